The van der Waals surface area contributed by atoms with Crippen molar-refractivity contribution in [2.45, 2.75) is 49.2 Å². The van der Waals surface area contributed by atoms with Crippen molar-refractivity contribution >= 4 is 33.3 Å². The van der Waals surface area contributed by atoms with Crippen LogP contribution < -0.4 is 10.6 Å². The SMILES string of the molecule is [CH3][In]1[C](F)=CC=[C]1C(=O)N[C@H]1CCCC[C@H]1C(=O)NCC1(C#N)CC1. The van der Waals surface area contributed by atoms with Gasteiger partial charge in [-0.1, -0.05) is 0 Å². The van der Waals surface area contributed by atoms with E-state index >= 15 is 0 Å². The second-order valence-electron chi connectivity index (χ2n) is 7.48. The van der Waals surface area contributed by atoms with Gasteiger partial charge in [-0.3, -0.25) is 0 Å². The van der Waals surface area contributed by atoms with Gasteiger partial charge in [0.25, 0.3) is 0 Å². The van der Waals surface area contributed by atoms with Crippen molar-refractivity contribution in [2.24, 2.45) is 11.3 Å². The van der Waals surface area contributed by atoms with Crippen LogP contribution in [0.1, 0.15) is 38.5 Å². The number of nitriles is 1. The molecule has 2 saturated carbocycles. The third kappa shape index (κ3) is 4.11. The van der Waals surface area contributed by atoms with Crippen LogP contribution in [0.25, 0.3) is 0 Å². The van der Waals surface area contributed by atoms with Crippen LogP contribution in [0.2, 0.25) is 4.68 Å². The van der Waals surface area contributed by atoms with Gasteiger partial charge < -0.3 is 0 Å². The molecular weight excluding hydrogens is 424 g/mol. The first-order valence-electron chi connectivity index (χ1n) is 9.03. The summed E-state index contributed by atoms with van der Waals surface area (Å²) in [6.45, 7) is 0.396. The number of hydrogen-bond donors (Lipinski definition) is 2. The first-order valence-corrected chi connectivity index (χ1v) is 15.6. The van der Waals surface area contributed by atoms with E-state index in [0.717, 1.165) is 38.5 Å². The summed E-state index contributed by atoms with van der Waals surface area (Å²) in [5.74, 6) is -0.544. The van der Waals surface area contributed by atoms with E-state index in [2.05, 4.69) is 16.7 Å². The monoisotopic (exact) mass is 447 g/mol. The molecule has 0 aromatic heterocycles. The van der Waals surface area contributed by atoms with Crippen LogP contribution in [0, 0.1) is 22.7 Å². The van der Waals surface area contributed by atoms with E-state index < -0.39 is 21.4 Å². The molecule has 1 heterocycles. The molecule has 0 aromatic carbocycles. The minimum atomic E-state index is -2.69. The standard InChI is InChI=1S/C17H20FN3O2.CH3.In/c18-10-4-3-7-15(22)21-14-6-2-1-5-13(14)16(23)20-12-17(11-19)8-9-17;;/h3-4,13-14H,1-2,5-6,8-9,12H2,(H,20,23)(H,21,22);1H3;/t13-,14+;;/m1../s1. The Hall–Kier alpha value is -1.29. The van der Waals surface area contributed by atoms with E-state index in [1.165, 1.54) is 6.08 Å². The third-order valence-electron chi connectivity index (χ3n) is 5.68. The molecule has 25 heavy (non-hydrogen) atoms. The molecule has 2 atom stereocenters. The molecule has 132 valence electrons. The van der Waals surface area contributed by atoms with Gasteiger partial charge in [-0.25, -0.2) is 0 Å². The fourth-order valence-corrected chi connectivity index (χ4v) is 8.02. The molecule has 1 aliphatic heterocycles. The van der Waals surface area contributed by atoms with Crippen molar-refractivity contribution in [3.63, 3.8) is 0 Å². The summed E-state index contributed by atoms with van der Waals surface area (Å²) in [6.07, 6.45) is 8.13. The van der Waals surface area contributed by atoms with E-state index in [4.69, 9.17) is 5.26 Å². The molecule has 0 radical (unpaired) electrons. The summed E-state index contributed by atoms with van der Waals surface area (Å²) in [7, 11) is 0. The zero-order valence-electron chi connectivity index (χ0n) is 14.5. The maximum atomic E-state index is 13.6. The summed E-state index contributed by atoms with van der Waals surface area (Å²) in [5, 5.41) is 15.0. The van der Waals surface area contributed by atoms with Gasteiger partial charge in [-0.05, 0) is 0 Å². The number of carbonyl (C=O) groups is 2. The summed E-state index contributed by atoms with van der Waals surface area (Å²) in [5.41, 5.74) is -0.370. The van der Waals surface area contributed by atoms with Gasteiger partial charge in [0.15, 0.2) is 0 Å². The van der Waals surface area contributed by atoms with Crippen LogP contribution in [-0.4, -0.2) is 45.8 Å². The van der Waals surface area contributed by atoms with Gasteiger partial charge in [0.1, 0.15) is 0 Å². The van der Waals surface area contributed by atoms with Gasteiger partial charge in [0, 0.05) is 0 Å². The second-order valence-corrected chi connectivity index (χ2v) is 14.9. The number of carbonyl (C=O) groups excluding carboxylic acids is 2. The van der Waals surface area contributed by atoms with E-state index in [9.17, 15) is 14.0 Å². The van der Waals surface area contributed by atoms with Crippen LogP contribution in [-0.2, 0) is 9.59 Å². The fraction of sp³-hybridized carbons (Fsp3) is 0.611. The average Bonchev–Trinajstić information content (AvgIpc) is 3.33. The van der Waals surface area contributed by atoms with Crippen LogP contribution in [0.3, 0.4) is 0 Å². The fourth-order valence-electron chi connectivity index (χ4n) is 3.61. The van der Waals surface area contributed by atoms with E-state index in [1.54, 1.807) is 6.08 Å². The van der Waals surface area contributed by atoms with E-state index in [0.29, 0.717) is 9.87 Å². The summed E-state index contributed by atoms with van der Waals surface area (Å²) < 4.78 is 16.0. The molecule has 3 rings (SSSR count). The Morgan fingerprint density at radius 2 is 2.08 bits per heavy atom. The van der Waals surface area contributed by atoms with Gasteiger partial charge in [0.05, 0.1) is 0 Å². The topological polar surface area (TPSA) is 82.0 Å². The van der Waals surface area contributed by atoms with Gasteiger partial charge >= 0.3 is 155 Å². The number of nitrogens with zero attached hydrogens (tertiary/aromatic N) is 1. The van der Waals surface area contributed by atoms with Crippen LogP contribution >= 0.6 is 0 Å². The van der Waals surface area contributed by atoms with Crippen LogP contribution in [0.4, 0.5) is 4.39 Å². The van der Waals surface area contributed by atoms with Crippen LogP contribution in [0.15, 0.2) is 19.1 Å². The zero-order valence-corrected chi connectivity index (χ0v) is 17.8. The Kier molecular flexibility index (Phi) is 5.57. The molecular formula is C18H23FInN3O2. The molecule has 0 bridgehead atoms. The Morgan fingerprint density at radius 3 is 2.68 bits per heavy atom. The molecule has 2 amide bonds. The number of allylic oxidation sites excluding steroid dienone is 2. The summed E-state index contributed by atoms with van der Waals surface area (Å²) in [4.78, 5) is 25.1. The molecule has 5 nitrogen and oxygen atoms in total. The van der Waals surface area contributed by atoms with Gasteiger partial charge in [0.2, 0.25) is 0 Å². The number of rotatable bonds is 5. The number of halogens is 1. The van der Waals surface area contributed by atoms with Crippen molar-refractivity contribution < 1.29 is 14.0 Å². The van der Waals surface area contributed by atoms with E-state index in [-0.39, 0.29) is 32.8 Å². The number of hydrogen-bond acceptors (Lipinski definition) is 3. The quantitative estimate of drug-likeness (QED) is 0.678. The van der Waals surface area contributed by atoms with Crippen LogP contribution in [0.5, 0.6) is 0 Å². The molecule has 3 aliphatic rings. The predicted octanol–water partition coefficient (Wildman–Crippen LogP) is 2.08. The van der Waals surface area contributed by atoms with Gasteiger partial charge in [-0.2, -0.15) is 0 Å². The Labute approximate surface area is 155 Å². The molecule has 0 saturated heterocycles. The third-order valence-corrected chi connectivity index (χ3v) is 12.5. The van der Waals surface area contributed by atoms with Crippen molar-refractivity contribution in [3.05, 3.63) is 19.1 Å². The Morgan fingerprint density at radius 1 is 1.36 bits per heavy atom. The van der Waals surface area contributed by atoms with Crippen molar-refractivity contribution in [3.8, 4) is 6.07 Å². The minimum absolute atomic E-state index is 0.0761. The molecule has 2 N–H and O–H groups in total. The second kappa shape index (κ2) is 7.53. The van der Waals surface area contributed by atoms with Gasteiger partial charge in [-0.15, -0.1) is 0 Å². The Balaban J connectivity index is 1.58. The molecule has 0 unspecified atom stereocenters. The molecule has 2 aliphatic carbocycles. The number of nitrogens with one attached hydrogen (secondary N) is 2. The molecule has 7 heteroatoms. The Bertz CT molecular complexity index is 678. The molecule has 0 spiro atoms. The summed E-state index contributed by atoms with van der Waals surface area (Å²) in [6, 6.07) is 2.07. The van der Waals surface area contributed by atoms with Crippen molar-refractivity contribution in [1.29, 1.82) is 5.26 Å². The first kappa shape index (κ1) is 18.5. The van der Waals surface area contributed by atoms with E-state index in [1.807, 2.05) is 4.68 Å². The first-order chi connectivity index (χ1) is 12.0. The number of amides is 2. The molecule has 0 aromatic rings. The summed E-state index contributed by atoms with van der Waals surface area (Å²) >= 11 is -2.69. The van der Waals surface area contributed by atoms with Crippen molar-refractivity contribution in [2.75, 3.05) is 6.54 Å². The normalized spacial score (nSPS) is 27.0. The molecule has 2 fully saturated rings. The van der Waals surface area contributed by atoms with Crippen molar-refractivity contribution in [1.82, 2.24) is 10.6 Å². The maximum absolute atomic E-state index is 13.6. The predicted molar refractivity (Wildman–Crippen MR) is 93.1 cm³/mol. The average molecular weight is 447 g/mol. The zero-order chi connectivity index (χ0) is 18.0.